The maximum atomic E-state index is 13.0. The van der Waals surface area contributed by atoms with Crippen molar-refractivity contribution in [3.05, 3.63) is 78.4 Å². The fraction of sp³-hybridized carbons (Fsp3) is 0.323. The number of alkyl halides is 3. The number of amides is 2. The van der Waals surface area contributed by atoms with Crippen molar-refractivity contribution >= 4 is 34.5 Å². The van der Waals surface area contributed by atoms with Gasteiger partial charge in [0.15, 0.2) is 0 Å². The van der Waals surface area contributed by atoms with Gasteiger partial charge in [0.05, 0.1) is 17.0 Å². The second kappa shape index (κ2) is 11.7. The van der Waals surface area contributed by atoms with E-state index in [9.17, 15) is 22.8 Å². The van der Waals surface area contributed by atoms with E-state index in [0.29, 0.717) is 36.0 Å². The topological polar surface area (TPSA) is 122 Å². The fourth-order valence-corrected chi connectivity index (χ4v) is 5.53. The number of halogens is 3. The van der Waals surface area contributed by atoms with Crippen molar-refractivity contribution in [2.24, 2.45) is 0 Å². The van der Waals surface area contributed by atoms with Crippen LogP contribution in [0.5, 0.6) is 0 Å². The number of hydrogen-bond donors (Lipinski definition) is 2. The minimum Gasteiger partial charge on any atom is -0.383 e. The maximum absolute atomic E-state index is 13.0. The van der Waals surface area contributed by atoms with Gasteiger partial charge in [-0.1, -0.05) is 18.2 Å². The smallest absolute Gasteiger partial charge is 0.383 e. The minimum absolute atomic E-state index is 0.0166. The highest BCUT2D eigenvalue weighted by Crippen LogP contribution is 2.36. The Morgan fingerprint density at radius 2 is 1.89 bits per heavy atom. The molecule has 10 nitrogen and oxygen atoms in total. The van der Waals surface area contributed by atoms with Crippen molar-refractivity contribution in [3.8, 4) is 11.1 Å². The van der Waals surface area contributed by atoms with Crippen LogP contribution in [0.4, 0.5) is 24.8 Å². The van der Waals surface area contributed by atoms with E-state index >= 15 is 0 Å². The van der Waals surface area contributed by atoms with E-state index in [-0.39, 0.29) is 23.3 Å². The van der Waals surface area contributed by atoms with Crippen LogP contribution >= 0.6 is 0 Å². The molecule has 4 aromatic rings. The van der Waals surface area contributed by atoms with Gasteiger partial charge in [-0.05, 0) is 56.1 Å². The van der Waals surface area contributed by atoms with Crippen LogP contribution in [-0.4, -0.2) is 73.9 Å². The highest BCUT2D eigenvalue weighted by molar-refractivity contribution is 6.05. The minimum atomic E-state index is -4.55. The normalized spacial score (nSPS) is 17.2. The van der Waals surface area contributed by atoms with Crippen LogP contribution in [0.1, 0.15) is 41.2 Å². The van der Waals surface area contributed by atoms with Gasteiger partial charge in [-0.2, -0.15) is 13.2 Å². The number of nitrogens with one attached hydrogen (secondary N) is 1. The maximum Gasteiger partial charge on any atom is 0.416 e. The third-order valence-corrected chi connectivity index (χ3v) is 8.12. The summed E-state index contributed by atoms with van der Waals surface area (Å²) < 4.78 is 41.1. The van der Waals surface area contributed by atoms with Gasteiger partial charge in [-0.3, -0.25) is 14.5 Å². The predicted octanol–water partition coefficient (Wildman–Crippen LogP) is 4.77. The van der Waals surface area contributed by atoms with Crippen molar-refractivity contribution in [1.82, 2.24) is 29.3 Å². The highest BCUT2D eigenvalue weighted by Gasteiger charge is 2.31. The molecule has 0 unspecified atom stereocenters. The van der Waals surface area contributed by atoms with Gasteiger partial charge in [-0.15, -0.1) is 0 Å². The number of nitrogens with two attached hydrogens (primary N) is 1. The Labute approximate surface area is 251 Å². The molecule has 1 saturated carbocycles. The Bertz CT molecular complexity index is 1730. The number of likely N-dealkylation sites (N-methyl/N-ethyl adjacent to an activating group) is 1. The summed E-state index contributed by atoms with van der Waals surface area (Å²) in [7, 11) is 2.07. The number of fused-ring (bicyclic) bond motifs is 1. The third kappa shape index (κ3) is 6.13. The highest BCUT2D eigenvalue weighted by atomic mass is 19.4. The van der Waals surface area contributed by atoms with Gasteiger partial charge in [0.25, 0.3) is 5.91 Å². The molecule has 2 amide bonds. The van der Waals surface area contributed by atoms with E-state index < -0.39 is 17.6 Å². The molecule has 1 atom stereocenters. The van der Waals surface area contributed by atoms with Gasteiger partial charge in [0, 0.05) is 55.3 Å². The summed E-state index contributed by atoms with van der Waals surface area (Å²) in [5.74, 6) is -0.517. The largest absolute Gasteiger partial charge is 0.416 e. The first-order valence-electron chi connectivity index (χ1n) is 14.3. The average molecular weight is 605 g/mol. The third-order valence-electron chi connectivity index (χ3n) is 8.12. The van der Waals surface area contributed by atoms with Crippen molar-refractivity contribution < 1.29 is 22.8 Å². The lowest BCUT2D eigenvalue weighted by Crippen LogP contribution is -2.28. The number of nitrogen functional groups attached to an aromatic ring is 1. The zero-order valence-corrected chi connectivity index (χ0v) is 24.0. The number of benzene rings is 1. The van der Waals surface area contributed by atoms with E-state index in [1.807, 2.05) is 21.7 Å². The summed E-state index contributed by atoms with van der Waals surface area (Å²) in [6.07, 6.45) is 6.55. The van der Waals surface area contributed by atoms with Gasteiger partial charge >= 0.3 is 6.18 Å². The van der Waals surface area contributed by atoms with Crippen LogP contribution in [0.25, 0.3) is 22.2 Å². The van der Waals surface area contributed by atoms with Crippen molar-refractivity contribution in [2.75, 3.05) is 37.7 Å². The fourth-order valence-electron chi connectivity index (χ4n) is 5.53. The molecule has 1 saturated heterocycles. The van der Waals surface area contributed by atoms with Crippen LogP contribution in [0, 0.1) is 0 Å². The summed E-state index contributed by atoms with van der Waals surface area (Å²) >= 11 is 0. The first-order valence-corrected chi connectivity index (χ1v) is 14.3. The molecule has 0 radical (unpaired) electrons. The molecule has 0 spiro atoms. The molecule has 4 heterocycles. The molecule has 1 aliphatic carbocycles. The first-order chi connectivity index (χ1) is 21.1. The zero-order chi connectivity index (χ0) is 31.0. The van der Waals surface area contributed by atoms with Crippen LogP contribution < -0.4 is 11.1 Å². The molecule has 1 aliphatic heterocycles. The second-order valence-corrected chi connectivity index (χ2v) is 11.2. The van der Waals surface area contributed by atoms with E-state index in [1.54, 1.807) is 30.3 Å². The van der Waals surface area contributed by atoms with Crippen LogP contribution in [-0.2, 0) is 11.0 Å². The van der Waals surface area contributed by atoms with E-state index in [1.165, 1.54) is 19.2 Å². The molecule has 1 aromatic carbocycles. The number of hydrogen-bond acceptors (Lipinski definition) is 7. The van der Waals surface area contributed by atoms with Crippen molar-refractivity contribution in [1.29, 1.82) is 0 Å². The molecule has 13 heteroatoms. The Morgan fingerprint density at radius 1 is 1.11 bits per heavy atom. The number of anilines is 2. The lowest BCUT2D eigenvalue weighted by Gasteiger charge is -2.16. The van der Waals surface area contributed by atoms with Crippen LogP contribution in [0.15, 0.2) is 67.3 Å². The van der Waals surface area contributed by atoms with Gasteiger partial charge in [0.1, 0.15) is 23.6 Å². The number of rotatable bonds is 8. The molecule has 228 valence electrons. The quantitative estimate of drug-likeness (QED) is 0.278. The molecule has 2 fully saturated rings. The summed E-state index contributed by atoms with van der Waals surface area (Å²) in [5.41, 5.74) is 7.79. The lowest BCUT2D eigenvalue weighted by molar-refractivity contribution is -0.137. The van der Waals surface area contributed by atoms with Gasteiger partial charge < -0.3 is 20.5 Å². The Balaban J connectivity index is 1.19. The number of carbonyl (C=O) groups is 2. The molecule has 44 heavy (non-hydrogen) atoms. The molecular weight excluding hydrogens is 573 g/mol. The van der Waals surface area contributed by atoms with E-state index in [4.69, 9.17) is 5.73 Å². The molecule has 3 N–H and O–H groups in total. The van der Waals surface area contributed by atoms with Crippen molar-refractivity contribution in [2.45, 2.75) is 37.5 Å². The van der Waals surface area contributed by atoms with Crippen LogP contribution in [0.2, 0.25) is 0 Å². The number of nitrogens with zero attached hydrogens (tertiary/aromatic N) is 6. The van der Waals surface area contributed by atoms with E-state index in [0.717, 1.165) is 42.4 Å². The first kappa shape index (κ1) is 29.3. The standard InChI is InChI=1S/C31H31F3N8O2/c1-40(22-8-9-22)13-2-3-26(43)41-14-11-23(16-41)42-17-24(27-28(35)37-18-38-29(27)42)19-4-6-20(7-5-19)30(44)39-25-15-21(10-12-36-25)31(32,33)34/h2-7,10,12,15,17-18,22-23H,8-9,11,13-14,16H2,1H3,(H2,35,37,38)(H,36,39,44)/b3-2+/t23-/m1/s1. The van der Waals surface area contributed by atoms with Crippen molar-refractivity contribution in [3.63, 3.8) is 0 Å². The Kier molecular flexibility index (Phi) is 7.80. The molecule has 6 rings (SSSR count). The SMILES string of the molecule is CN(C/C=C/C(=O)N1CC[C@@H](n2cc(-c3ccc(C(=O)Nc4cc(C(F)(F)F)ccn4)cc3)c3c(N)ncnc32)C1)C1CC1. The van der Waals surface area contributed by atoms with E-state index in [2.05, 4.69) is 32.2 Å². The average Bonchev–Trinajstić information content (AvgIpc) is 3.61. The molecule has 2 aliphatic rings. The number of pyridine rings is 1. The summed E-state index contributed by atoms with van der Waals surface area (Å²) in [6.45, 7) is 1.89. The number of carbonyl (C=O) groups excluding carboxylic acids is 2. The Hall–Kier alpha value is -4.78. The molecule has 3 aromatic heterocycles. The zero-order valence-electron chi connectivity index (χ0n) is 24.0. The Morgan fingerprint density at radius 3 is 2.61 bits per heavy atom. The molecular formula is C31H31F3N8O2. The second-order valence-electron chi connectivity index (χ2n) is 11.2. The number of aromatic nitrogens is 4. The van der Waals surface area contributed by atoms with Gasteiger partial charge in [0.2, 0.25) is 5.91 Å². The predicted molar refractivity (Wildman–Crippen MR) is 160 cm³/mol. The van der Waals surface area contributed by atoms with Gasteiger partial charge in [-0.25, -0.2) is 15.0 Å². The van der Waals surface area contributed by atoms with Crippen LogP contribution in [0.3, 0.4) is 0 Å². The summed E-state index contributed by atoms with van der Waals surface area (Å²) in [4.78, 5) is 42.2. The number of likely N-dealkylation sites (tertiary alicyclic amines) is 1. The lowest BCUT2D eigenvalue weighted by atomic mass is 10.0. The molecule has 0 bridgehead atoms. The summed E-state index contributed by atoms with van der Waals surface area (Å²) in [5, 5.41) is 3.07. The summed E-state index contributed by atoms with van der Waals surface area (Å²) in [6, 6.07) is 8.84. The monoisotopic (exact) mass is 604 g/mol.